The summed E-state index contributed by atoms with van der Waals surface area (Å²) >= 11 is 5.77. The second-order valence-electron chi connectivity index (χ2n) is 3.11. The van der Waals surface area contributed by atoms with E-state index in [0.717, 1.165) is 12.8 Å². The van der Waals surface area contributed by atoms with Crippen LogP contribution >= 0.6 is 11.6 Å². The third kappa shape index (κ3) is 1.83. The molecule has 1 aromatic heterocycles. The first-order valence-corrected chi connectivity index (χ1v) is 4.41. The minimum absolute atomic E-state index is 0.194. The molecule has 1 heterocycles. The van der Waals surface area contributed by atoms with E-state index in [2.05, 4.69) is 4.98 Å². The van der Waals surface area contributed by atoms with Gasteiger partial charge in [-0.3, -0.25) is 4.79 Å². The highest BCUT2D eigenvalue weighted by Crippen LogP contribution is 2.43. The van der Waals surface area contributed by atoms with Crippen LogP contribution in [0.3, 0.4) is 0 Å². The topological polar surface area (TPSA) is 63.3 Å². The number of carbonyl (C=O) groups is 1. The molecule has 70 valence electrons. The van der Waals surface area contributed by atoms with E-state index in [1.807, 2.05) is 0 Å². The summed E-state index contributed by atoms with van der Waals surface area (Å²) in [5, 5.41) is 8.80. The van der Waals surface area contributed by atoms with Crippen LogP contribution in [-0.2, 0) is 11.2 Å². The molecule has 1 saturated carbocycles. The summed E-state index contributed by atoms with van der Waals surface area (Å²) in [4.78, 5) is 14.2. The summed E-state index contributed by atoms with van der Waals surface area (Å²) in [6.45, 7) is 0. The van der Waals surface area contributed by atoms with Crippen molar-refractivity contribution < 1.29 is 14.3 Å². The number of aliphatic carboxylic acids is 1. The molecule has 1 aromatic rings. The van der Waals surface area contributed by atoms with Crippen molar-refractivity contribution in [3.8, 4) is 0 Å². The van der Waals surface area contributed by atoms with E-state index in [1.54, 1.807) is 0 Å². The lowest BCUT2D eigenvalue weighted by atomic mass is 10.3. The Balaban J connectivity index is 2.19. The van der Waals surface area contributed by atoms with E-state index in [4.69, 9.17) is 21.1 Å². The van der Waals surface area contributed by atoms with Crippen molar-refractivity contribution in [3.63, 3.8) is 0 Å². The van der Waals surface area contributed by atoms with Crippen LogP contribution in [0, 0.1) is 0 Å². The molecule has 1 fully saturated rings. The van der Waals surface area contributed by atoms with Crippen LogP contribution in [0.5, 0.6) is 0 Å². The lowest BCUT2D eigenvalue weighted by molar-refractivity contribution is -0.136. The van der Waals surface area contributed by atoms with Crippen molar-refractivity contribution in [2.75, 3.05) is 0 Å². The molecule has 1 aliphatic carbocycles. The van der Waals surface area contributed by atoms with Crippen LogP contribution in [0.4, 0.5) is 0 Å². The molecule has 0 saturated heterocycles. The fraction of sp³-hybridized carbons (Fsp3) is 0.500. The van der Waals surface area contributed by atoms with E-state index in [9.17, 15) is 4.79 Å². The van der Waals surface area contributed by atoms with E-state index >= 15 is 0 Å². The first kappa shape index (κ1) is 8.56. The molecule has 0 radical (unpaired) electrons. The number of rotatable bonds is 3. The third-order valence-electron chi connectivity index (χ3n) is 1.90. The molecule has 0 spiro atoms. The highest BCUT2D eigenvalue weighted by molar-refractivity contribution is 6.30. The van der Waals surface area contributed by atoms with Crippen molar-refractivity contribution in [1.82, 2.24) is 4.98 Å². The molecule has 4 nitrogen and oxygen atoms in total. The number of hydrogen-bond acceptors (Lipinski definition) is 3. The number of aromatic nitrogens is 1. The van der Waals surface area contributed by atoms with E-state index < -0.39 is 5.97 Å². The summed E-state index contributed by atoms with van der Waals surface area (Å²) in [5.74, 6) is 0.250. The molecular weight excluding hydrogens is 194 g/mol. The number of carboxylic acids is 1. The Morgan fingerprint density at radius 1 is 1.69 bits per heavy atom. The molecule has 0 aliphatic heterocycles. The van der Waals surface area contributed by atoms with Gasteiger partial charge in [-0.05, 0) is 12.8 Å². The minimum atomic E-state index is -0.958. The second-order valence-corrected chi connectivity index (χ2v) is 3.47. The number of halogens is 1. The predicted molar refractivity (Wildman–Crippen MR) is 44.8 cm³/mol. The summed E-state index contributed by atoms with van der Waals surface area (Å²) in [6, 6.07) is 0. The molecule has 1 N–H and O–H groups in total. The largest absolute Gasteiger partial charge is 0.481 e. The monoisotopic (exact) mass is 201 g/mol. The Morgan fingerprint density at radius 2 is 2.38 bits per heavy atom. The predicted octanol–water partition coefficient (Wildman–Crippen LogP) is 1.83. The number of nitrogens with zero attached hydrogens (tertiary/aromatic N) is 1. The van der Waals surface area contributed by atoms with Crippen LogP contribution in [0.15, 0.2) is 4.42 Å². The van der Waals surface area contributed by atoms with E-state index in [-0.39, 0.29) is 12.3 Å². The van der Waals surface area contributed by atoms with Crippen LogP contribution in [-0.4, -0.2) is 16.1 Å². The van der Waals surface area contributed by atoms with Gasteiger partial charge in [-0.25, -0.2) is 4.98 Å². The SMILES string of the molecule is O=C(O)Cc1nc(Cl)c(C2CC2)o1. The van der Waals surface area contributed by atoms with Crippen molar-refractivity contribution in [2.45, 2.75) is 25.2 Å². The highest BCUT2D eigenvalue weighted by atomic mass is 35.5. The summed E-state index contributed by atoms with van der Waals surface area (Å²) in [5.41, 5.74) is 0. The van der Waals surface area contributed by atoms with Crippen molar-refractivity contribution in [3.05, 3.63) is 16.8 Å². The van der Waals surface area contributed by atoms with Gasteiger partial charge in [0.2, 0.25) is 5.89 Å². The zero-order chi connectivity index (χ0) is 9.42. The van der Waals surface area contributed by atoms with Gasteiger partial charge in [-0.2, -0.15) is 0 Å². The maximum absolute atomic E-state index is 10.3. The van der Waals surface area contributed by atoms with E-state index in [0.29, 0.717) is 16.8 Å². The average molecular weight is 202 g/mol. The first-order valence-electron chi connectivity index (χ1n) is 4.03. The van der Waals surface area contributed by atoms with Crippen molar-refractivity contribution >= 4 is 17.6 Å². The second kappa shape index (κ2) is 3.03. The van der Waals surface area contributed by atoms with Crippen LogP contribution in [0.2, 0.25) is 5.15 Å². The van der Waals surface area contributed by atoms with Gasteiger partial charge in [-0.15, -0.1) is 0 Å². The number of hydrogen-bond donors (Lipinski definition) is 1. The van der Waals surface area contributed by atoms with Crippen molar-refractivity contribution in [1.29, 1.82) is 0 Å². The lowest BCUT2D eigenvalue weighted by Gasteiger charge is -1.88. The summed E-state index contributed by atoms with van der Waals surface area (Å²) in [6.07, 6.45) is 1.91. The Morgan fingerprint density at radius 3 is 2.92 bits per heavy atom. The highest BCUT2D eigenvalue weighted by Gasteiger charge is 2.31. The molecule has 0 aromatic carbocycles. The third-order valence-corrected chi connectivity index (χ3v) is 2.18. The number of carboxylic acid groups (broad SMARTS) is 1. The molecule has 1 aliphatic rings. The molecule has 13 heavy (non-hydrogen) atoms. The molecule has 5 heteroatoms. The fourth-order valence-corrected chi connectivity index (χ4v) is 1.45. The zero-order valence-corrected chi connectivity index (χ0v) is 7.54. The quantitative estimate of drug-likeness (QED) is 0.811. The Hall–Kier alpha value is -1.03. The molecule has 0 unspecified atom stereocenters. The van der Waals surface area contributed by atoms with Crippen LogP contribution in [0.1, 0.15) is 30.4 Å². The Kier molecular flexibility index (Phi) is 2.00. The van der Waals surface area contributed by atoms with Gasteiger partial charge >= 0.3 is 5.97 Å². The van der Waals surface area contributed by atoms with Crippen LogP contribution < -0.4 is 0 Å². The lowest BCUT2D eigenvalue weighted by Crippen LogP contribution is -1.99. The molecular formula is C8H8ClNO3. The van der Waals surface area contributed by atoms with Crippen LogP contribution in [0.25, 0.3) is 0 Å². The summed E-state index contributed by atoms with van der Waals surface area (Å²) < 4.78 is 5.23. The maximum Gasteiger partial charge on any atom is 0.312 e. The van der Waals surface area contributed by atoms with Gasteiger partial charge in [0.05, 0.1) is 0 Å². The van der Waals surface area contributed by atoms with Gasteiger partial charge < -0.3 is 9.52 Å². The van der Waals surface area contributed by atoms with Gasteiger partial charge in [0.25, 0.3) is 0 Å². The zero-order valence-electron chi connectivity index (χ0n) is 6.79. The summed E-state index contributed by atoms with van der Waals surface area (Å²) in [7, 11) is 0. The molecule has 0 amide bonds. The minimum Gasteiger partial charge on any atom is -0.481 e. The Labute approximate surface area is 79.5 Å². The maximum atomic E-state index is 10.3. The fourth-order valence-electron chi connectivity index (χ4n) is 1.16. The van der Waals surface area contributed by atoms with E-state index in [1.165, 1.54) is 0 Å². The van der Waals surface area contributed by atoms with Gasteiger partial charge in [0.1, 0.15) is 12.2 Å². The standard InChI is InChI=1S/C8H8ClNO3/c9-8-7(4-1-2-4)13-5(10-8)3-6(11)12/h4H,1-3H2,(H,11,12). The Bertz CT molecular complexity index is 343. The van der Waals surface area contributed by atoms with Gasteiger partial charge in [0.15, 0.2) is 5.15 Å². The van der Waals surface area contributed by atoms with Gasteiger partial charge in [0, 0.05) is 5.92 Å². The number of oxazole rings is 1. The average Bonchev–Trinajstić information content (AvgIpc) is 2.77. The van der Waals surface area contributed by atoms with Crippen molar-refractivity contribution in [2.24, 2.45) is 0 Å². The normalized spacial score (nSPS) is 16.1. The molecule has 2 rings (SSSR count). The van der Waals surface area contributed by atoms with Gasteiger partial charge in [-0.1, -0.05) is 11.6 Å². The molecule has 0 atom stereocenters. The molecule has 0 bridgehead atoms. The smallest absolute Gasteiger partial charge is 0.312 e. The first-order chi connectivity index (χ1) is 6.16.